The van der Waals surface area contributed by atoms with Gasteiger partial charge < -0.3 is 5.32 Å². The molecule has 3 aromatic carbocycles. The molecule has 0 saturated carbocycles. The number of carbonyl (C=O) groups is 1. The summed E-state index contributed by atoms with van der Waals surface area (Å²) in [7, 11) is -2.15. The number of benzene rings is 3. The largest absolute Gasteiger partial charge is 0.301 e. The molecule has 4 aromatic rings. The number of likely N-dealkylation sites (N-methyl/N-ethyl adjacent to an activating group) is 1. The van der Waals surface area contributed by atoms with Gasteiger partial charge >= 0.3 is 0 Å². The SMILES string of the molecule is CN(C[C@@H](CC(=O)Nc1nnc(-c2ccccc2)s1)c1ccccc1)S(=O)(=O)c1ccccc1. The number of carbonyl (C=O) groups excluding carboxylic acids is 1. The first kappa shape index (κ1) is 23.7. The second kappa shape index (κ2) is 10.7. The predicted octanol–water partition coefficient (Wildman–Crippen LogP) is 4.64. The smallest absolute Gasteiger partial charge is 0.242 e. The van der Waals surface area contributed by atoms with E-state index in [1.165, 1.54) is 22.7 Å². The Morgan fingerprint density at radius 3 is 2.15 bits per heavy atom. The van der Waals surface area contributed by atoms with E-state index in [1.807, 2.05) is 60.7 Å². The molecule has 0 unspecified atom stereocenters. The molecule has 0 aliphatic carbocycles. The summed E-state index contributed by atoms with van der Waals surface area (Å²) in [6.07, 6.45) is 0.0961. The van der Waals surface area contributed by atoms with Gasteiger partial charge in [0.25, 0.3) is 0 Å². The van der Waals surface area contributed by atoms with E-state index >= 15 is 0 Å². The van der Waals surface area contributed by atoms with E-state index in [0.29, 0.717) is 10.1 Å². The number of nitrogens with one attached hydrogen (secondary N) is 1. The quantitative estimate of drug-likeness (QED) is 0.368. The predicted molar refractivity (Wildman–Crippen MR) is 134 cm³/mol. The topological polar surface area (TPSA) is 92.3 Å². The van der Waals surface area contributed by atoms with Crippen molar-refractivity contribution >= 4 is 32.4 Å². The van der Waals surface area contributed by atoms with E-state index in [2.05, 4.69) is 15.5 Å². The fourth-order valence-corrected chi connectivity index (χ4v) is 5.56. The lowest BCUT2D eigenvalue weighted by Crippen LogP contribution is -2.32. The molecule has 0 aliphatic rings. The van der Waals surface area contributed by atoms with Crippen LogP contribution in [-0.2, 0) is 14.8 Å². The van der Waals surface area contributed by atoms with Crippen molar-refractivity contribution in [2.45, 2.75) is 17.2 Å². The maximum absolute atomic E-state index is 13.0. The highest BCUT2D eigenvalue weighted by atomic mass is 32.2. The van der Waals surface area contributed by atoms with Crippen LogP contribution in [-0.4, -0.2) is 42.4 Å². The van der Waals surface area contributed by atoms with Gasteiger partial charge in [0.2, 0.25) is 21.1 Å². The van der Waals surface area contributed by atoms with Crippen molar-refractivity contribution in [1.82, 2.24) is 14.5 Å². The highest BCUT2D eigenvalue weighted by Crippen LogP contribution is 2.28. The van der Waals surface area contributed by atoms with Crippen LogP contribution in [0, 0.1) is 0 Å². The van der Waals surface area contributed by atoms with Gasteiger partial charge in [0.15, 0.2) is 0 Å². The van der Waals surface area contributed by atoms with Crippen LogP contribution in [0.4, 0.5) is 5.13 Å². The second-order valence-corrected chi connectivity index (χ2v) is 10.8. The zero-order valence-corrected chi connectivity index (χ0v) is 20.2. The van der Waals surface area contributed by atoms with Crippen LogP contribution >= 0.6 is 11.3 Å². The zero-order chi connectivity index (χ0) is 24.0. The van der Waals surface area contributed by atoms with Crippen LogP contribution < -0.4 is 5.32 Å². The van der Waals surface area contributed by atoms with Crippen molar-refractivity contribution in [3.8, 4) is 10.6 Å². The highest BCUT2D eigenvalue weighted by Gasteiger charge is 2.26. The zero-order valence-electron chi connectivity index (χ0n) is 18.5. The van der Waals surface area contributed by atoms with Gasteiger partial charge in [-0.1, -0.05) is 90.2 Å². The van der Waals surface area contributed by atoms with Gasteiger partial charge in [-0.05, 0) is 17.7 Å². The summed E-state index contributed by atoms with van der Waals surface area (Å²) in [5, 5.41) is 12.2. The number of amides is 1. The van der Waals surface area contributed by atoms with Crippen LogP contribution in [0.2, 0.25) is 0 Å². The summed E-state index contributed by atoms with van der Waals surface area (Å²) in [6, 6.07) is 27.3. The summed E-state index contributed by atoms with van der Waals surface area (Å²) in [6.45, 7) is 0.153. The van der Waals surface area contributed by atoms with E-state index in [4.69, 9.17) is 0 Å². The monoisotopic (exact) mass is 492 g/mol. The van der Waals surface area contributed by atoms with Gasteiger partial charge in [0.05, 0.1) is 4.90 Å². The van der Waals surface area contributed by atoms with E-state index in [9.17, 15) is 13.2 Å². The standard InChI is InChI=1S/C25H24N4O3S2/c1-29(34(31,32)22-15-9-4-10-16-22)18-21(19-11-5-2-6-12-19)17-23(30)26-25-28-27-24(33-25)20-13-7-3-8-14-20/h2-16,21H,17-18H2,1H3,(H,26,28,30)/t21-/m1/s1. The van der Waals surface area contributed by atoms with Crippen molar-refractivity contribution in [2.75, 3.05) is 18.9 Å². The Balaban J connectivity index is 1.49. The number of aromatic nitrogens is 2. The van der Waals surface area contributed by atoms with Gasteiger partial charge in [0.1, 0.15) is 5.01 Å². The molecule has 1 aromatic heterocycles. The first-order chi connectivity index (χ1) is 16.4. The first-order valence-corrected chi connectivity index (χ1v) is 12.9. The second-order valence-electron chi connectivity index (χ2n) is 7.74. The summed E-state index contributed by atoms with van der Waals surface area (Å²) in [5.41, 5.74) is 1.81. The Morgan fingerprint density at radius 1 is 0.912 bits per heavy atom. The molecule has 1 atom stereocenters. The Kier molecular flexibility index (Phi) is 7.46. The third-order valence-electron chi connectivity index (χ3n) is 5.32. The Hall–Kier alpha value is -3.40. The molecule has 34 heavy (non-hydrogen) atoms. The minimum absolute atomic E-state index is 0.0961. The molecule has 0 fully saturated rings. The Bertz CT molecular complexity index is 1330. The van der Waals surface area contributed by atoms with Gasteiger partial charge in [-0.2, -0.15) is 0 Å². The lowest BCUT2D eigenvalue weighted by molar-refractivity contribution is -0.116. The third-order valence-corrected chi connectivity index (χ3v) is 8.05. The minimum atomic E-state index is -3.68. The minimum Gasteiger partial charge on any atom is -0.301 e. The summed E-state index contributed by atoms with van der Waals surface area (Å²) < 4.78 is 27.3. The van der Waals surface area contributed by atoms with Crippen LogP contribution in [0.5, 0.6) is 0 Å². The molecule has 4 rings (SSSR count). The number of sulfonamides is 1. The molecule has 0 saturated heterocycles. The lowest BCUT2D eigenvalue weighted by Gasteiger charge is -2.24. The van der Waals surface area contributed by atoms with E-state index in [-0.39, 0.29) is 29.7 Å². The van der Waals surface area contributed by atoms with Gasteiger partial charge in [0, 0.05) is 31.5 Å². The van der Waals surface area contributed by atoms with Crippen molar-refractivity contribution in [3.63, 3.8) is 0 Å². The Labute approximate surface area is 203 Å². The number of hydrogen-bond acceptors (Lipinski definition) is 6. The molecule has 1 amide bonds. The third kappa shape index (κ3) is 5.74. The Morgan fingerprint density at radius 2 is 1.50 bits per heavy atom. The average molecular weight is 493 g/mol. The fraction of sp³-hybridized carbons (Fsp3) is 0.160. The number of nitrogens with zero attached hydrogens (tertiary/aromatic N) is 3. The number of rotatable bonds is 9. The van der Waals surface area contributed by atoms with E-state index < -0.39 is 10.0 Å². The molecule has 0 spiro atoms. The van der Waals surface area contributed by atoms with Crippen molar-refractivity contribution < 1.29 is 13.2 Å². The molecule has 9 heteroatoms. The first-order valence-electron chi connectivity index (χ1n) is 10.7. The van der Waals surface area contributed by atoms with Crippen molar-refractivity contribution in [1.29, 1.82) is 0 Å². The average Bonchev–Trinajstić information content (AvgIpc) is 3.33. The fourth-order valence-electron chi connectivity index (χ4n) is 3.56. The molecule has 1 heterocycles. The van der Waals surface area contributed by atoms with Crippen molar-refractivity contribution in [3.05, 3.63) is 96.6 Å². The lowest BCUT2D eigenvalue weighted by atomic mass is 9.95. The van der Waals surface area contributed by atoms with Gasteiger partial charge in [-0.3, -0.25) is 4.79 Å². The molecule has 0 aliphatic heterocycles. The van der Waals surface area contributed by atoms with E-state index in [1.54, 1.807) is 30.3 Å². The normalized spacial score (nSPS) is 12.4. The summed E-state index contributed by atoms with van der Waals surface area (Å²) in [4.78, 5) is 13.1. The summed E-state index contributed by atoms with van der Waals surface area (Å²) >= 11 is 1.29. The molecule has 0 radical (unpaired) electrons. The molecular formula is C25H24N4O3S2. The molecular weight excluding hydrogens is 468 g/mol. The highest BCUT2D eigenvalue weighted by molar-refractivity contribution is 7.89. The van der Waals surface area contributed by atoms with Crippen LogP contribution in [0.1, 0.15) is 17.9 Å². The molecule has 1 N–H and O–H groups in total. The van der Waals surface area contributed by atoms with Crippen LogP contribution in [0.25, 0.3) is 10.6 Å². The number of anilines is 1. The molecule has 0 bridgehead atoms. The van der Waals surface area contributed by atoms with Gasteiger partial charge in [-0.15, -0.1) is 10.2 Å². The summed E-state index contributed by atoms with van der Waals surface area (Å²) in [5.74, 6) is -0.596. The van der Waals surface area contributed by atoms with Gasteiger partial charge in [-0.25, -0.2) is 12.7 Å². The van der Waals surface area contributed by atoms with Crippen molar-refractivity contribution in [2.24, 2.45) is 0 Å². The maximum atomic E-state index is 13.0. The van der Waals surface area contributed by atoms with Crippen LogP contribution in [0.15, 0.2) is 95.9 Å². The van der Waals surface area contributed by atoms with Crippen LogP contribution in [0.3, 0.4) is 0 Å². The number of hydrogen-bond donors (Lipinski definition) is 1. The molecule has 7 nitrogen and oxygen atoms in total. The molecule has 174 valence electrons. The van der Waals surface area contributed by atoms with E-state index in [0.717, 1.165) is 11.1 Å². The maximum Gasteiger partial charge on any atom is 0.242 e.